The first-order valence-corrected chi connectivity index (χ1v) is 5.69. The van der Waals surface area contributed by atoms with Crippen molar-refractivity contribution in [2.45, 2.75) is 13.8 Å². The largest absolute Gasteiger partial charge is 0.395 e. The van der Waals surface area contributed by atoms with Crippen molar-refractivity contribution in [2.24, 2.45) is 7.05 Å². The molecule has 1 heterocycles. The summed E-state index contributed by atoms with van der Waals surface area (Å²) in [7, 11) is 3.20. The van der Waals surface area contributed by atoms with Gasteiger partial charge in [-0.15, -0.1) is 0 Å². The first kappa shape index (κ1) is 14.0. The van der Waals surface area contributed by atoms with Crippen molar-refractivity contribution in [1.82, 2.24) is 20.0 Å². The number of likely N-dealkylation sites (N-methyl/N-ethyl adjacent to an activating group) is 2. The van der Waals surface area contributed by atoms with Crippen LogP contribution in [-0.4, -0.2) is 46.6 Å². The maximum absolute atomic E-state index is 12.1. The van der Waals surface area contributed by atoms with Gasteiger partial charge in [-0.1, -0.05) is 0 Å². The molecule has 0 aliphatic heterocycles. The Kier molecular flexibility index (Phi) is 4.30. The zero-order valence-corrected chi connectivity index (χ0v) is 11.1. The fraction of sp³-hybridized carbons (Fsp3) is 0.545. The molecule has 1 rings (SSSR count). The highest BCUT2D eigenvalue weighted by Gasteiger charge is 2.22. The Morgan fingerprint density at radius 1 is 1.50 bits per heavy atom. The number of anilines is 1. The van der Waals surface area contributed by atoms with Crippen LogP contribution in [0.1, 0.15) is 23.1 Å². The molecule has 0 spiro atoms. The van der Waals surface area contributed by atoms with E-state index in [0.717, 1.165) is 0 Å². The van der Waals surface area contributed by atoms with Crippen LogP contribution in [0.4, 0.5) is 5.69 Å². The maximum atomic E-state index is 12.1. The summed E-state index contributed by atoms with van der Waals surface area (Å²) >= 11 is 0. The summed E-state index contributed by atoms with van der Waals surface area (Å²) in [4.78, 5) is 24.9. The van der Waals surface area contributed by atoms with E-state index in [2.05, 4.69) is 10.4 Å². The third kappa shape index (κ3) is 2.79. The summed E-state index contributed by atoms with van der Waals surface area (Å²) < 4.78 is 1.43. The Morgan fingerprint density at radius 2 is 2.11 bits per heavy atom. The minimum Gasteiger partial charge on any atom is -0.395 e. The monoisotopic (exact) mass is 253 g/mol. The number of nitrogen functional groups attached to an aromatic ring is 1. The van der Waals surface area contributed by atoms with E-state index in [1.54, 1.807) is 21.0 Å². The van der Waals surface area contributed by atoms with Gasteiger partial charge in [-0.2, -0.15) is 5.10 Å². The first-order chi connectivity index (χ1) is 8.38. The lowest BCUT2D eigenvalue weighted by molar-refractivity contribution is -0.121. The lowest BCUT2D eigenvalue weighted by Crippen LogP contribution is -2.39. The van der Waals surface area contributed by atoms with Crippen molar-refractivity contribution in [3.63, 3.8) is 0 Å². The van der Waals surface area contributed by atoms with Gasteiger partial charge in [0.1, 0.15) is 5.69 Å². The van der Waals surface area contributed by atoms with E-state index in [4.69, 9.17) is 5.73 Å². The van der Waals surface area contributed by atoms with Crippen molar-refractivity contribution in [3.8, 4) is 0 Å². The number of hydrogen-bond acceptors (Lipinski definition) is 4. The molecule has 0 saturated heterocycles. The lowest BCUT2D eigenvalue weighted by atomic mass is 10.2. The molecular weight excluding hydrogens is 234 g/mol. The van der Waals surface area contributed by atoms with Gasteiger partial charge >= 0.3 is 0 Å². The molecule has 3 N–H and O–H groups in total. The normalized spacial score (nSPS) is 10.2. The van der Waals surface area contributed by atoms with Gasteiger partial charge in [0, 0.05) is 20.6 Å². The van der Waals surface area contributed by atoms with Crippen LogP contribution in [0.2, 0.25) is 0 Å². The van der Waals surface area contributed by atoms with Gasteiger partial charge < -0.3 is 16.0 Å². The van der Waals surface area contributed by atoms with Gasteiger partial charge in [0.2, 0.25) is 5.91 Å². The van der Waals surface area contributed by atoms with Gasteiger partial charge in [0.15, 0.2) is 0 Å². The molecule has 0 saturated carbocycles. The van der Waals surface area contributed by atoms with Crippen LogP contribution in [0, 0.1) is 6.92 Å². The topological polar surface area (TPSA) is 93.2 Å². The number of hydrogen-bond donors (Lipinski definition) is 2. The lowest BCUT2D eigenvalue weighted by Gasteiger charge is -2.16. The molecule has 18 heavy (non-hydrogen) atoms. The molecule has 7 heteroatoms. The van der Waals surface area contributed by atoms with Gasteiger partial charge in [-0.05, 0) is 13.8 Å². The van der Waals surface area contributed by atoms with E-state index in [-0.39, 0.29) is 18.4 Å². The number of aryl methyl sites for hydroxylation is 2. The van der Waals surface area contributed by atoms with Crippen molar-refractivity contribution < 1.29 is 9.59 Å². The number of rotatable bonds is 4. The summed E-state index contributed by atoms with van der Waals surface area (Å²) in [6.45, 7) is 4.09. The Balaban J connectivity index is 2.84. The summed E-state index contributed by atoms with van der Waals surface area (Å²) in [6, 6.07) is 0. The van der Waals surface area contributed by atoms with E-state index in [0.29, 0.717) is 23.6 Å². The highest BCUT2D eigenvalue weighted by molar-refractivity contribution is 5.99. The average Bonchev–Trinajstić information content (AvgIpc) is 2.52. The maximum Gasteiger partial charge on any atom is 0.274 e. The minimum absolute atomic E-state index is 0.00363. The van der Waals surface area contributed by atoms with Gasteiger partial charge in [0.25, 0.3) is 5.91 Å². The highest BCUT2D eigenvalue weighted by Crippen LogP contribution is 2.16. The molecule has 1 aromatic heterocycles. The molecule has 0 aliphatic carbocycles. The van der Waals surface area contributed by atoms with Crippen LogP contribution in [-0.2, 0) is 11.8 Å². The molecule has 1 aromatic rings. The molecule has 0 bridgehead atoms. The van der Waals surface area contributed by atoms with Crippen LogP contribution in [0.3, 0.4) is 0 Å². The van der Waals surface area contributed by atoms with E-state index in [1.165, 1.54) is 9.58 Å². The Bertz CT molecular complexity index is 466. The van der Waals surface area contributed by atoms with Crippen molar-refractivity contribution in [2.75, 3.05) is 25.9 Å². The second kappa shape index (κ2) is 5.52. The Hall–Kier alpha value is -2.05. The average molecular weight is 253 g/mol. The highest BCUT2D eigenvalue weighted by atomic mass is 16.2. The quantitative estimate of drug-likeness (QED) is 0.758. The van der Waals surface area contributed by atoms with E-state index in [1.807, 2.05) is 6.92 Å². The molecule has 0 radical (unpaired) electrons. The SMILES string of the molecule is CCNC(=O)CN(C)C(=O)c1c(N)c(C)nn1C. The van der Waals surface area contributed by atoms with Crippen LogP contribution < -0.4 is 11.1 Å². The van der Waals surface area contributed by atoms with Crippen molar-refractivity contribution >= 4 is 17.5 Å². The molecule has 0 fully saturated rings. The number of nitrogens with zero attached hydrogens (tertiary/aromatic N) is 3. The number of amides is 2. The third-order valence-electron chi connectivity index (χ3n) is 2.57. The molecule has 0 aliphatic rings. The van der Waals surface area contributed by atoms with Gasteiger partial charge in [0.05, 0.1) is 17.9 Å². The number of nitrogens with two attached hydrogens (primary N) is 1. The number of carbonyl (C=O) groups excluding carboxylic acids is 2. The number of aromatic nitrogens is 2. The summed E-state index contributed by atoms with van der Waals surface area (Å²) in [5.41, 5.74) is 7.06. The van der Waals surface area contributed by atoms with Crippen LogP contribution in [0.5, 0.6) is 0 Å². The van der Waals surface area contributed by atoms with Crippen LogP contribution in [0.15, 0.2) is 0 Å². The van der Waals surface area contributed by atoms with Gasteiger partial charge in [-0.3, -0.25) is 14.3 Å². The summed E-state index contributed by atoms with van der Waals surface area (Å²) in [6.07, 6.45) is 0. The second-order valence-corrected chi connectivity index (χ2v) is 4.09. The van der Waals surface area contributed by atoms with E-state index >= 15 is 0 Å². The zero-order valence-electron chi connectivity index (χ0n) is 11.1. The van der Waals surface area contributed by atoms with E-state index < -0.39 is 0 Å². The molecule has 7 nitrogen and oxygen atoms in total. The fourth-order valence-corrected chi connectivity index (χ4v) is 1.65. The fourth-order valence-electron chi connectivity index (χ4n) is 1.65. The smallest absolute Gasteiger partial charge is 0.274 e. The third-order valence-corrected chi connectivity index (χ3v) is 2.57. The van der Waals surface area contributed by atoms with Crippen LogP contribution in [0.25, 0.3) is 0 Å². The molecule has 0 aromatic carbocycles. The molecule has 2 amide bonds. The zero-order chi connectivity index (χ0) is 13.9. The minimum atomic E-state index is -0.318. The molecular formula is C11H19N5O2. The predicted octanol–water partition coefficient (Wildman–Crippen LogP) is -0.481. The van der Waals surface area contributed by atoms with Gasteiger partial charge in [-0.25, -0.2) is 0 Å². The number of carbonyl (C=O) groups is 2. The Morgan fingerprint density at radius 3 is 2.56 bits per heavy atom. The summed E-state index contributed by atoms with van der Waals surface area (Å²) in [5, 5.41) is 6.70. The van der Waals surface area contributed by atoms with E-state index in [9.17, 15) is 9.59 Å². The summed E-state index contributed by atoms with van der Waals surface area (Å²) in [5.74, 6) is -0.521. The predicted molar refractivity (Wildman–Crippen MR) is 68.0 cm³/mol. The first-order valence-electron chi connectivity index (χ1n) is 5.69. The van der Waals surface area contributed by atoms with Crippen molar-refractivity contribution in [3.05, 3.63) is 11.4 Å². The molecule has 0 unspecified atom stereocenters. The van der Waals surface area contributed by atoms with Crippen molar-refractivity contribution in [1.29, 1.82) is 0 Å². The van der Waals surface area contributed by atoms with Crippen LogP contribution >= 0.6 is 0 Å². The molecule has 100 valence electrons. The second-order valence-electron chi connectivity index (χ2n) is 4.09. The Labute approximate surface area is 106 Å². The molecule has 0 atom stereocenters. The number of nitrogens with one attached hydrogen (secondary N) is 1. The standard InChI is InChI=1S/C11H19N5O2/c1-5-13-8(17)6-15(3)11(18)10-9(12)7(2)14-16(10)4/h5-6,12H2,1-4H3,(H,13,17).